The summed E-state index contributed by atoms with van der Waals surface area (Å²) in [5.41, 5.74) is 3.58. The maximum Gasteiger partial charge on any atom is 0.191 e. The monoisotopic (exact) mass is 390 g/mol. The summed E-state index contributed by atoms with van der Waals surface area (Å²) < 4.78 is 9.08. The first-order chi connectivity index (χ1) is 13.5. The molecule has 9 heteroatoms. The number of aliphatic imine (C=N–C) groups is 1. The molecular formula is C19H34N8O. The van der Waals surface area contributed by atoms with Gasteiger partial charge in [0, 0.05) is 45.6 Å². The standard InChI is InChI=1S/C19H34N8O/c1-7-16-15(17(8-2)27(5)25-16)12-21-19(20-10-9-11-28-6)22-13-18-24-23-14(3)26(18)4/h7-13H2,1-6H3,(H2,20,21,22). The first kappa shape index (κ1) is 21.9. The van der Waals surface area contributed by atoms with Crippen molar-refractivity contribution in [3.63, 3.8) is 0 Å². The lowest BCUT2D eigenvalue weighted by Crippen LogP contribution is -2.38. The van der Waals surface area contributed by atoms with Gasteiger partial charge in [-0.05, 0) is 26.2 Å². The highest BCUT2D eigenvalue weighted by molar-refractivity contribution is 5.79. The van der Waals surface area contributed by atoms with Crippen LogP contribution in [0.15, 0.2) is 4.99 Å². The lowest BCUT2D eigenvalue weighted by Gasteiger charge is -2.13. The van der Waals surface area contributed by atoms with Crippen molar-refractivity contribution < 1.29 is 4.74 Å². The molecule has 0 atom stereocenters. The van der Waals surface area contributed by atoms with Gasteiger partial charge in [0.05, 0.1) is 18.8 Å². The van der Waals surface area contributed by atoms with E-state index >= 15 is 0 Å². The second-order valence-electron chi connectivity index (χ2n) is 6.72. The molecule has 0 aliphatic heterocycles. The maximum absolute atomic E-state index is 5.13. The van der Waals surface area contributed by atoms with Gasteiger partial charge in [-0.1, -0.05) is 13.8 Å². The predicted molar refractivity (Wildman–Crippen MR) is 110 cm³/mol. The van der Waals surface area contributed by atoms with Gasteiger partial charge in [0.15, 0.2) is 11.8 Å². The Balaban J connectivity index is 2.12. The number of hydrogen-bond donors (Lipinski definition) is 2. The Morgan fingerprint density at radius 2 is 1.93 bits per heavy atom. The fourth-order valence-corrected chi connectivity index (χ4v) is 3.10. The molecule has 0 saturated heterocycles. The normalized spacial score (nSPS) is 11.9. The van der Waals surface area contributed by atoms with Crippen LogP contribution < -0.4 is 10.6 Å². The van der Waals surface area contributed by atoms with Crippen molar-refractivity contribution in [3.8, 4) is 0 Å². The number of nitrogens with one attached hydrogen (secondary N) is 2. The van der Waals surface area contributed by atoms with Crippen LogP contribution >= 0.6 is 0 Å². The topological polar surface area (TPSA) is 94.2 Å². The summed E-state index contributed by atoms with van der Waals surface area (Å²) in [6, 6.07) is 0. The van der Waals surface area contributed by atoms with E-state index in [-0.39, 0.29) is 0 Å². The van der Waals surface area contributed by atoms with Crippen molar-refractivity contribution in [1.82, 2.24) is 35.2 Å². The Hall–Kier alpha value is -2.42. The van der Waals surface area contributed by atoms with Crippen molar-refractivity contribution in [2.24, 2.45) is 19.1 Å². The van der Waals surface area contributed by atoms with Crippen LogP contribution in [0.1, 0.15) is 48.9 Å². The maximum atomic E-state index is 5.13. The van der Waals surface area contributed by atoms with Gasteiger partial charge < -0.3 is 19.9 Å². The molecule has 0 aliphatic carbocycles. The zero-order valence-corrected chi connectivity index (χ0v) is 18.0. The Morgan fingerprint density at radius 3 is 2.54 bits per heavy atom. The summed E-state index contributed by atoms with van der Waals surface area (Å²) in [6.07, 6.45) is 2.76. The summed E-state index contributed by atoms with van der Waals surface area (Å²) in [6.45, 7) is 8.88. The number of nitrogens with zero attached hydrogens (tertiary/aromatic N) is 6. The zero-order valence-electron chi connectivity index (χ0n) is 18.0. The molecule has 2 heterocycles. The molecule has 0 radical (unpaired) electrons. The number of ether oxygens (including phenoxy) is 1. The van der Waals surface area contributed by atoms with E-state index in [4.69, 9.17) is 9.73 Å². The van der Waals surface area contributed by atoms with E-state index < -0.39 is 0 Å². The third-order valence-electron chi connectivity index (χ3n) is 4.84. The van der Waals surface area contributed by atoms with Crippen molar-refractivity contribution in [3.05, 3.63) is 28.6 Å². The van der Waals surface area contributed by atoms with Crippen LogP contribution in [0.25, 0.3) is 0 Å². The predicted octanol–water partition coefficient (Wildman–Crippen LogP) is 1.25. The zero-order chi connectivity index (χ0) is 20.5. The molecule has 2 aromatic heterocycles. The van der Waals surface area contributed by atoms with E-state index in [1.165, 1.54) is 11.3 Å². The lowest BCUT2D eigenvalue weighted by atomic mass is 10.1. The van der Waals surface area contributed by atoms with Crippen LogP contribution in [0.3, 0.4) is 0 Å². The molecule has 0 fully saturated rings. The van der Waals surface area contributed by atoms with Gasteiger partial charge in [0.2, 0.25) is 0 Å². The second kappa shape index (κ2) is 10.8. The fraction of sp³-hybridized carbons (Fsp3) is 0.684. The molecule has 0 unspecified atom stereocenters. The minimum Gasteiger partial charge on any atom is -0.385 e. The van der Waals surface area contributed by atoms with Crippen molar-refractivity contribution in [1.29, 1.82) is 0 Å². The molecule has 2 aromatic rings. The molecule has 0 amide bonds. The van der Waals surface area contributed by atoms with Crippen LogP contribution in [0, 0.1) is 6.92 Å². The number of methoxy groups -OCH3 is 1. The SMILES string of the molecule is CCc1nn(C)c(CC)c1CN=C(NCCCOC)NCc1nnc(C)n1C. The van der Waals surface area contributed by atoms with Gasteiger partial charge in [-0.2, -0.15) is 5.10 Å². The molecule has 0 aliphatic rings. The Bertz CT molecular complexity index is 777. The van der Waals surface area contributed by atoms with Gasteiger partial charge >= 0.3 is 0 Å². The fourth-order valence-electron chi connectivity index (χ4n) is 3.10. The highest BCUT2D eigenvalue weighted by atomic mass is 16.5. The summed E-state index contributed by atoms with van der Waals surface area (Å²) in [7, 11) is 5.68. The van der Waals surface area contributed by atoms with E-state index in [2.05, 4.69) is 39.8 Å². The van der Waals surface area contributed by atoms with Crippen molar-refractivity contribution >= 4 is 5.96 Å². The van der Waals surface area contributed by atoms with E-state index in [1.54, 1.807) is 7.11 Å². The number of rotatable bonds is 10. The minimum absolute atomic E-state index is 0.557. The molecule has 28 heavy (non-hydrogen) atoms. The Morgan fingerprint density at radius 1 is 1.14 bits per heavy atom. The first-order valence-corrected chi connectivity index (χ1v) is 9.91. The number of hydrogen-bond acceptors (Lipinski definition) is 5. The quantitative estimate of drug-likeness (QED) is 0.360. The summed E-state index contributed by atoms with van der Waals surface area (Å²) in [5.74, 6) is 2.51. The van der Waals surface area contributed by atoms with E-state index in [0.29, 0.717) is 19.7 Å². The molecule has 2 rings (SSSR count). The molecule has 0 spiro atoms. The number of aryl methyl sites for hydroxylation is 3. The molecule has 156 valence electrons. The van der Waals surface area contributed by atoms with Crippen LogP contribution in [0.5, 0.6) is 0 Å². The van der Waals surface area contributed by atoms with Crippen LogP contribution in [-0.2, 0) is 44.8 Å². The molecule has 0 bridgehead atoms. The average Bonchev–Trinajstić information content (AvgIpc) is 3.18. The number of guanidine groups is 1. The molecule has 2 N–H and O–H groups in total. The lowest BCUT2D eigenvalue weighted by molar-refractivity contribution is 0.195. The summed E-state index contributed by atoms with van der Waals surface area (Å²) in [4.78, 5) is 4.82. The summed E-state index contributed by atoms with van der Waals surface area (Å²) in [5, 5.41) is 19.7. The molecular weight excluding hydrogens is 356 g/mol. The first-order valence-electron chi connectivity index (χ1n) is 9.91. The third kappa shape index (κ3) is 5.54. The molecule has 0 aromatic carbocycles. The van der Waals surface area contributed by atoms with E-state index in [0.717, 1.165) is 49.1 Å². The average molecular weight is 391 g/mol. The van der Waals surface area contributed by atoms with Gasteiger partial charge in [-0.3, -0.25) is 4.68 Å². The largest absolute Gasteiger partial charge is 0.385 e. The van der Waals surface area contributed by atoms with Gasteiger partial charge in [0.25, 0.3) is 0 Å². The molecule has 0 saturated carbocycles. The Labute approximate surface area is 167 Å². The highest BCUT2D eigenvalue weighted by Gasteiger charge is 2.13. The van der Waals surface area contributed by atoms with Crippen molar-refractivity contribution in [2.45, 2.75) is 53.1 Å². The second-order valence-corrected chi connectivity index (χ2v) is 6.72. The van der Waals surface area contributed by atoms with Crippen molar-refractivity contribution in [2.75, 3.05) is 20.3 Å². The van der Waals surface area contributed by atoms with Gasteiger partial charge in [-0.25, -0.2) is 4.99 Å². The third-order valence-corrected chi connectivity index (χ3v) is 4.84. The van der Waals surface area contributed by atoms with Crippen LogP contribution in [0.4, 0.5) is 0 Å². The molecule has 9 nitrogen and oxygen atoms in total. The summed E-state index contributed by atoms with van der Waals surface area (Å²) >= 11 is 0. The van der Waals surface area contributed by atoms with Gasteiger partial charge in [-0.15, -0.1) is 10.2 Å². The van der Waals surface area contributed by atoms with Gasteiger partial charge in [0.1, 0.15) is 5.82 Å². The highest BCUT2D eigenvalue weighted by Crippen LogP contribution is 2.16. The number of aromatic nitrogens is 5. The minimum atomic E-state index is 0.557. The van der Waals surface area contributed by atoms with E-state index in [9.17, 15) is 0 Å². The van der Waals surface area contributed by atoms with Crippen LogP contribution in [0.2, 0.25) is 0 Å². The smallest absolute Gasteiger partial charge is 0.191 e. The van der Waals surface area contributed by atoms with E-state index in [1.807, 2.05) is 30.3 Å². The Kier molecular flexibility index (Phi) is 8.43. The van der Waals surface area contributed by atoms with Crippen LogP contribution in [-0.4, -0.2) is 50.8 Å².